The van der Waals surface area contributed by atoms with Gasteiger partial charge >= 0.3 is 5.97 Å². The van der Waals surface area contributed by atoms with Gasteiger partial charge in [0.1, 0.15) is 5.60 Å². The van der Waals surface area contributed by atoms with Crippen LogP contribution in [-0.2, 0) is 21.6 Å². The summed E-state index contributed by atoms with van der Waals surface area (Å²) in [5.41, 5.74) is 0.426. The summed E-state index contributed by atoms with van der Waals surface area (Å²) < 4.78 is 5.59. The molecule has 0 saturated heterocycles. The molecule has 1 aliphatic rings. The quantitative estimate of drug-likeness (QED) is 0.815. The SMILES string of the molecule is C[C@]1(CC(=O)O)OCCc2sccc21. The summed E-state index contributed by atoms with van der Waals surface area (Å²) >= 11 is 1.68. The number of ether oxygens (including phenoxy) is 1. The molecule has 0 aromatic carbocycles. The highest BCUT2D eigenvalue weighted by atomic mass is 32.1. The Labute approximate surface area is 86.3 Å². The zero-order chi connectivity index (χ0) is 10.2. The average molecular weight is 212 g/mol. The van der Waals surface area contributed by atoms with E-state index in [1.807, 2.05) is 18.4 Å². The molecule has 0 aliphatic carbocycles. The average Bonchev–Trinajstić information content (AvgIpc) is 2.51. The molecule has 2 heterocycles. The second kappa shape index (κ2) is 3.37. The maximum Gasteiger partial charge on any atom is 0.306 e. The number of fused-ring (bicyclic) bond motifs is 1. The van der Waals surface area contributed by atoms with Gasteiger partial charge < -0.3 is 9.84 Å². The second-order valence-corrected chi connectivity index (χ2v) is 4.66. The molecular formula is C10H12O3S. The summed E-state index contributed by atoms with van der Waals surface area (Å²) in [6.45, 7) is 2.48. The lowest BCUT2D eigenvalue weighted by atomic mass is 9.90. The fraction of sp³-hybridized carbons (Fsp3) is 0.500. The number of thiophene rings is 1. The first-order chi connectivity index (χ1) is 6.62. The lowest BCUT2D eigenvalue weighted by Gasteiger charge is -2.32. The van der Waals surface area contributed by atoms with E-state index in [4.69, 9.17) is 9.84 Å². The van der Waals surface area contributed by atoms with Crippen molar-refractivity contribution in [2.24, 2.45) is 0 Å². The molecule has 0 saturated carbocycles. The van der Waals surface area contributed by atoms with Crippen LogP contribution in [0.25, 0.3) is 0 Å². The molecule has 0 amide bonds. The number of hydrogen-bond donors (Lipinski definition) is 1. The number of carboxylic acids is 1. The molecule has 1 aromatic heterocycles. The van der Waals surface area contributed by atoms with Crippen molar-refractivity contribution in [3.63, 3.8) is 0 Å². The van der Waals surface area contributed by atoms with Gasteiger partial charge in [-0.05, 0) is 23.9 Å². The van der Waals surface area contributed by atoms with Crippen molar-refractivity contribution in [3.05, 3.63) is 21.9 Å². The fourth-order valence-corrected chi connectivity index (χ4v) is 2.87. The monoisotopic (exact) mass is 212 g/mol. The molecular weight excluding hydrogens is 200 g/mol. The molecule has 1 N–H and O–H groups in total. The van der Waals surface area contributed by atoms with Crippen LogP contribution in [0.2, 0.25) is 0 Å². The number of aliphatic carboxylic acids is 1. The van der Waals surface area contributed by atoms with Gasteiger partial charge in [-0.2, -0.15) is 0 Å². The third-order valence-corrected chi connectivity index (χ3v) is 3.53. The van der Waals surface area contributed by atoms with E-state index in [-0.39, 0.29) is 6.42 Å². The van der Waals surface area contributed by atoms with Crippen molar-refractivity contribution in [3.8, 4) is 0 Å². The van der Waals surface area contributed by atoms with E-state index in [2.05, 4.69) is 0 Å². The van der Waals surface area contributed by atoms with E-state index in [0.29, 0.717) is 6.61 Å². The van der Waals surface area contributed by atoms with Gasteiger partial charge in [0, 0.05) is 11.3 Å². The van der Waals surface area contributed by atoms with Crippen LogP contribution >= 0.6 is 11.3 Å². The van der Waals surface area contributed by atoms with Crippen LogP contribution in [0.1, 0.15) is 23.8 Å². The first-order valence-corrected chi connectivity index (χ1v) is 5.42. The van der Waals surface area contributed by atoms with Crippen LogP contribution < -0.4 is 0 Å². The molecule has 0 spiro atoms. The first-order valence-electron chi connectivity index (χ1n) is 4.54. The van der Waals surface area contributed by atoms with E-state index >= 15 is 0 Å². The maximum absolute atomic E-state index is 10.7. The number of carboxylic acid groups (broad SMARTS) is 1. The molecule has 3 nitrogen and oxygen atoms in total. The zero-order valence-electron chi connectivity index (χ0n) is 7.95. The Hall–Kier alpha value is -0.870. The van der Waals surface area contributed by atoms with Gasteiger partial charge in [0.25, 0.3) is 0 Å². The molecule has 1 aromatic rings. The molecule has 14 heavy (non-hydrogen) atoms. The Morgan fingerprint density at radius 3 is 3.29 bits per heavy atom. The summed E-state index contributed by atoms with van der Waals surface area (Å²) in [5, 5.41) is 10.8. The Morgan fingerprint density at radius 1 is 1.79 bits per heavy atom. The number of hydrogen-bond acceptors (Lipinski definition) is 3. The second-order valence-electron chi connectivity index (χ2n) is 3.66. The van der Waals surface area contributed by atoms with Gasteiger partial charge in [-0.25, -0.2) is 0 Å². The molecule has 0 radical (unpaired) electrons. The summed E-state index contributed by atoms with van der Waals surface area (Å²) in [6, 6.07) is 1.97. The van der Waals surface area contributed by atoms with Crippen molar-refractivity contribution >= 4 is 17.3 Å². The highest BCUT2D eigenvalue weighted by molar-refractivity contribution is 7.10. The molecule has 76 valence electrons. The minimum Gasteiger partial charge on any atom is -0.481 e. The summed E-state index contributed by atoms with van der Waals surface area (Å²) in [5.74, 6) is -0.813. The van der Waals surface area contributed by atoms with Crippen LogP contribution in [0.15, 0.2) is 11.4 Å². The molecule has 2 rings (SSSR count). The summed E-state index contributed by atoms with van der Waals surface area (Å²) in [4.78, 5) is 12.0. The highest BCUT2D eigenvalue weighted by Gasteiger charge is 2.35. The predicted molar refractivity (Wildman–Crippen MR) is 53.6 cm³/mol. The van der Waals surface area contributed by atoms with Crippen molar-refractivity contribution in [2.75, 3.05) is 6.61 Å². The topological polar surface area (TPSA) is 46.5 Å². The predicted octanol–water partition coefficient (Wildman–Crippen LogP) is 2.01. The number of rotatable bonds is 2. The van der Waals surface area contributed by atoms with Crippen LogP contribution in [0.4, 0.5) is 0 Å². The molecule has 0 fully saturated rings. The minimum absolute atomic E-state index is 0.0384. The third kappa shape index (κ3) is 1.55. The van der Waals surface area contributed by atoms with E-state index in [0.717, 1.165) is 12.0 Å². The minimum atomic E-state index is -0.813. The lowest BCUT2D eigenvalue weighted by molar-refractivity contribution is -0.146. The molecule has 1 atom stereocenters. The van der Waals surface area contributed by atoms with Gasteiger partial charge in [-0.1, -0.05) is 0 Å². The zero-order valence-corrected chi connectivity index (χ0v) is 8.76. The standard InChI is InChI=1S/C10H12O3S/c1-10(6-9(11)12)7-3-5-14-8(7)2-4-13-10/h3,5H,2,4,6H2,1H3,(H,11,12)/t10-/m1/s1. The first kappa shape index (κ1) is 9.68. The van der Waals surface area contributed by atoms with Gasteiger partial charge in [0.2, 0.25) is 0 Å². The van der Waals surface area contributed by atoms with Crippen LogP contribution in [0.3, 0.4) is 0 Å². The Bertz CT molecular complexity index is 358. The summed E-state index contributed by atoms with van der Waals surface area (Å²) in [7, 11) is 0. The normalized spacial score (nSPS) is 25.8. The Balaban J connectivity index is 2.34. The maximum atomic E-state index is 10.7. The Kier molecular flexibility index (Phi) is 2.33. The van der Waals surface area contributed by atoms with Crippen LogP contribution in [-0.4, -0.2) is 17.7 Å². The molecule has 4 heteroatoms. The van der Waals surface area contributed by atoms with Crippen LogP contribution in [0, 0.1) is 0 Å². The number of carbonyl (C=O) groups is 1. The van der Waals surface area contributed by atoms with E-state index < -0.39 is 11.6 Å². The molecule has 0 bridgehead atoms. The van der Waals surface area contributed by atoms with Crippen LogP contribution in [0.5, 0.6) is 0 Å². The van der Waals surface area contributed by atoms with E-state index in [1.165, 1.54) is 4.88 Å². The fourth-order valence-electron chi connectivity index (χ4n) is 1.89. The summed E-state index contributed by atoms with van der Waals surface area (Å²) in [6.07, 6.45) is 0.943. The molecule has 0 unspecified atom stereocenters. The van der Waals surface area contributed by atoms with Crippen molar-refractivity contribution in [1.82, 2.24) is 0 Å². The smallest absolute Gasteiger partial charge is 0.306 e. The van der Waals surface area contributed by atoms with Gasteiger partial charge in [-0.3, -0.25) is 4.79 Å². The molecule has 1 aliphatic heterocycles. The van der Waals surface area contributed by atoms with Crippen molar-refractivity contribution in [2.45, 2.75) is 25.4 Å². The van der Waals surface area contributed by atoms with Crippen molar-refractivity contribution < 1.29 is 14.6 Å². The van der Waals surface area contributed by atoms with E-state index in [1.54, 1.807) is 11.3 Å². The largest absolute Gasteiger partial charge is 0.481 e. The third-order valence-electron chi connectivity index (χ3n) is 2.55. The van der Waals surface area contributed by atoms with Gasteiger partial charge in [0.15, 0.2) is 0 Å². The highest BCUT2D eigenvalue weighted by Crippen LogP contribution is 2.38. The lowest BCUT2D eigenvalue weighted by Crippen LogP contribution is -2.33. The van der Waals surface area contributed by atoms with Crippen molar-refractivity contribution in [1.29, 1.82) is 0 Å². The van der Waals surface area contributed by atoms with E-state index in [9.17, 15) is 4.79 Å². The Morgan fingerprint density at radius 2 is 2.57 bits per heavy atom. The van der Waals surface area contributed by atoms with Gasteiger partial charge in [-0.15, -0.1) is 11.3 Å². The van der Waals surface area contributed by atoms with Gasteiger partial charge in [0.05, 0.1) is 13.0 Å².